The average molecular weight is 420 g/mol. The number of anilines is 1. The van der Waals surface area contributed by atoms with Crippen LogP contribution < -0.4 is 9.64 Å². The highest BCUT2D eigenvalue weighted by atomic mass is 32.1. The van der Waals surface area contributed by atoms with Gasteiger partial charge in [0.2, 0.25) is 0 Å². The van der Waals surface area contributed by atoms with E-state index in [2.05, 4.69) is 19.9 Å². The van der Waals surface area contributed by atoms with E-state index < -0.39 is 0 Å². The van der Waals surface area contributed by atoms with Crippen LogP contribution in [-0.4, -0.2) is 59.0 Å². The Hall–Kier alpha value is -3.26. The maximum absolute atomic E-state index is 13.2. The van der Waals surface area contributed by atoms with Crippen molar-refractivity contribution in [2.24, 2.45) is 0 Å². The number of methoxy groups -OCH3 is 1. The molecular weight excluding hydrogens is 398 g/mol. The van der Waals surface area contributed by atoms with Gasteiger partial charge in [0.05, 0.1) is 23.9 Å². The van der Waals surface area contributed by atoms with Crippen molar-refractivity contribution in [3.05, 3.63) is 53.9 Å². The van der Waals surface area contributed by atoms with E-state index in [0.29, 0.717) is 18.7 Å². The molecule has 8 heteroatoms. The summed E-state index contributed by atoms with van der Waals surface area (Å²) in [6.07, 6.45) is 1.79. The lowest BCUT2D eigenvalue weighted by Gasteiger charge is -2.34. The van der Waals surface area contributed by atoms with E-state index >= 15 is 0 Å². The molecule has 0 radical (unpaired) electrons. The molecule has 7 nitrogen and oxygen atoms in total. The summed E-state index contributed by atoms with van der Waals surface area (Å²) >= 11 is 1.60. The van der Waals surface area contributed by atoms with Gasteiger partial charge in [-0.1, -0.05) is 11.3 Å². The van der Waals surface area contributed by atoms with E-state index in [1.807, 2.05) is 48.2 Å². The largest absolute Gasteiger partial charge is 0.497 e. The highest BCUT2D eigenvalue weighted by molar-refractivity contribution is 7.21. The van der Waals surface area contributed by atoms with Gasteiger partial charge in [-0.05, 0) is 37.3 Å². The molecule has 0 saturated carbocycles. The molecule has 0 N–H and O–H groups in total. The number of hydrogen-bond donors (Lipinski definition) is 0. The molecule has 1 fully saturated rings. The van der Waals surface area contributed by atoms with Crippen molar-refractivity contribution in [3.63, 3.8) is 0 Å². The molecule has 0 aliphatic carbocycles. The zero-order valence-corrected chi connectivity index (χ0v) is 17.6. The second-order valence-corrected chi connectivity index (χ2v) is 8.24. The van der Waals surface area contributed by atoms with Gasteiger partial charge in [-0.3, -0.25) is 9.78 Å². The number of aryl methyl sites for hydroxylation is 1. The molecule has 0 bridgehead atoms. The van der Waals surface area contributed by atoms with E-state index in [0.717, 1.165) is 50.9 Å². The molecule has 1 aliphatic rings. The van der Waals surface area contributed by atoms with Crippen molar-refractivity contribution in [1.29, 1.82) is 0 Å². The third kappa shape index (κ3) is 3.33. The molecule has 5 rings (SSSR count). The van der Waals surface area contributed by atoms with Crippen LogP contribution in [0.4, 0.5) is 5.13 Å². The Morgan fingerprint density at radius 2 is 1.90 bits per heavy atom. The second-order valence-electron chi connectivity index (χ2n) is 7.28. The molecule has 0 spiro atoms. The summed E-state index contributed by atoms with van der Waals surface area (Å²) in [7, 11) is 1.64. The normalized spacial score (nSPS) is 14.5. The zero-order chi connectivity index (χ0) is 20.7. The fourth-order valence-corrected chi connectivity index (χ4v) is 4.71. The lowest BCUT2D eigenvalue weighted by Crippen LogP contribution is -2.49. The summed E-state index contributed by atoms with van der Waals surface area (Å²) in [5.74, 6) is 0.790. The second kappa shape index (κ2) is 7.53. The van der Waals surface area contributed by atoms with Crippen molar-refractivity contribution < 1.29 is 9.53 Å². The van der Waals surface area contributed by atoms with Crippen LogP contribution in [0, 0.1) is 6.92 Å². The first kappa shape index (κ1) is 18.7. The molecule has 4 heterocycles. The van der Waals surface area contributed by atoms with Gasteiger partial charge in [0, 0.05) is 43.8 Å². The summed E-state index contributed by atoms with van der Waals surface area (Å²) < 4.78 is 5.27. The Bertz CT molecular complexity index is 1210. The fraction of sp³-hybridized carbons (Fsp3) is 0.273. The van der Waals surface area contributed by atoms with Gasteiger partial charge in [-0.2, -0.15) is 0 Å². The fourth-order valence-electron chi connectivity index (χ4n) is 3.75. The van der Waals surface area contributed by atoms with E-state index in [9.17, 15) is 4.79 Å². The quantitative estimate of drug-likeness (QED) is 0.506. The van der Waals surface area contributed by atoms with Crippen LogP contribution >= 0.6 is 11.3 Å². The van der Waals surface area contributed by atoms with Crippen molar-refractivity contribution >= 4 is 43.6 Å². The van der Waals surface area contributed by atoms with Crippen molar-refractivity contribution in [2.45, 2.75) is 6.92 Å². The summed E-state index contributed by atoms with van der Waals surface area (Å²) in [5.41, 5.74) is 3.15. The maximum Gasteiger partial charge on any atom is 0.255 e. The van der Waals surface area contributed by atoms with Gasteiger partial charge in [0.1, 0.15) is 16.1 Å². The van der Waals surface area contributed by atoms with Crippen LogP contribution in [0.2, 0.25) is 0 Å². The molecule has 4 aromatic rings. The van der Waals surface area contributed by atoms with Crippen LogP contribution in [0.3, 0.4) is 0 Å². The highest BCUT2D eigenvalue weighted by Gasteiger charge is 2.25. The van der Waals surface area contributed by atoms with Gasteiger partial charge in [-0.25, -0.2) is 9.97 Å². The smallest absolute Gasteiger partial charge is 0.255 e. The standard InChI is InChI=1S/C22H21N5O2S/c1-14-17(12-15-5-6-16(29-2)13-19(15)24-14)21(28)26-8-10-27(11-9-26)22-25-18-4-3-7-23-20(18)30-22/h3-7,12-13H,8-11H2,1-2H3. The van der Waals surface area contributed by atoms with Crippen molar-refractivity contribution in [1.82, 2.24) is 19.9 Å². The first-order valence-electron chi connectivity index (χ1n) is 9.83. The Morgan fingerprint density at radius 1 is 1.07 bits per heavy atom. The van der Waals surface area contributed by atoms with Crippen LogP contribution in [0.25, 0.3) is 21.3 Å². The third-order valence-corrected chi connectivity index (χ3v) is 6.48. The van der Waals surface area contributed by atoms with Gasteiger partial charge >= 0.3 is 0 Å². The molecular formula is C22H21N5O2S. The first-order valence-corrected chi connectivity index (χ1v) is 10.7. The van der Waals surface area contributed by atoms with E-state index in [4.69, 9.17) is 4.74 Å². The maximum atomic E-state index is 13.2. The third-order valence-electron chi connectivity index (χ3n) is 5.44. The monoisotopic (exact) mass is 419 g/mol. The predicted octanol–water partition coefficient (Wildman–Crippen LogP) is 3.52. The van der Waals surface area contributed by atoms with Crippen LogP contribution in [0.1, 0.15) is 16.1 Å². The van der Waals surface area contributed by atoms with Gasteiger partial charge in [0.15, 0.2) is 5.13 Å². The van der Waals surface area contributed by atoms with Crippen LogP contribution in [0.15, 0.2) is 42.6 Å². The summed E-state index contributed by atoms with van der Waals surface area (Å²) in [5, 5.41) is 1.90. The van der Waals surface area contributed by atoms with E-state index in [1.54, 1.807) is 24.6 Å². The van der Waals surface area contributed by atoms with E-state index in [-0.39, 0.29) is 5.91 Å². The summed E-state index contributed by atoms with van der Waals surface area (Å²) in [4.78, 5) is 32.0. The Balaban J connectivity index is 1.33. The number of pyridine rings is 2. The molecule has 30 heavy (non-hydrogen) atoms. The highest BCUT2D eigenvalue weighted by Crippen LogP contribution is 2.28. The molecule has 0 atom stereocenters. The topological polar surface area (TPSA) is 71.5 Å². The minimum atomic E-state index is 0.0309. The van der Waals surface area contributed by atoms with Crippen LogP contribution in [0.5, 0.6) is 5.75 Å². The number of fused-ring (bicyclic) bond motifs is 2. The number of carbonyl (C=O) groups is 1. The van der Waals surface area contributed by atoms with Crippen molar-refractivity contribution in [3.8, 4) is 5.75 Å². The number of hydrogen-bond acceptors (Lipinski definition) is 7. The predicted molar refractivity (Wildman–Crippen MR) is 119 cm³/mol. The number of benzene rings is 1. The Kier molecular flexibility index (Phi) is 4.71. The average Bonchev–Trinajstić information content (AvgIpc) is 3.22. The molecule has 1 saturated heterocycles. The number of piperazine rings is 1. The number of aromatic nitrogens is 3. The number of ether oxygens (including phenoxy) is 1. The molecule has 1 amide bonds. The van der Waals surface area contributed by atoms with E-state index in [1.165, 1.54) is 0 Å². The first-order chi connectivity index (χ1) is 14.6. The molecule has 0 unspecified atom stereocenters. The molecule has 1 aromatic carbocycles. The molecule has 3 aromatic heterocycles. The number of rotatable bonds is 3. The number of carbonyl (C=O) groups excluding carboxylic acids is 1. The number of nitrogens with zero attached hydrogens (tertiary/aromatic N) is 5. The zero-order valence-electron chi connectivity index (χ0n) is 16.8. The van der Waals surface area contributed by atoms with Gasteiger partial charge < -0.3 is 14.5 Å². The minimum Gasteiger partial charge on any atom is -0.497 e. The molecule has 1 aliphatic heterocycles. The SMILES string of the molecule is COc1ccc2cc(C(=O)N3CCN(c4nc5cccnc5s4)CC3)c(C)nc2c1. The number of amides is 1. The van der Waals surface area contributed by atoms with Crippen LogP contribution in [-0.2, 0) is 0 Å². The Morgan fingerprint density at radius 3 is 2.67 bits per heavy atom. The van der Waals surface area contributed by atoms with Gasteiger partial charge in [0.25, 0.3) is 5.91 Å². The lowest BCUT2D eigenvalue weighted by atomic mass is 10.1. The summed E-state index contributed by atoms with van der Waals surface area (Å²) in [6, 6.07) is 11.5. The van der Waals surface area contributed by atoms with Crippen molar-refractivity contribution in [2.75, 3.05) is 38.2 Å². The Labute approximate surface area is 177 Å². The lowest BCUT2D eigenvalue weighted by molar-refractivity contribution is 0.0745. The number of thiazole rings is 1. The molecule has 152 valence electrons. The van der Waals surface area contributed by atoms with Gasteiger partial charge in [-0.15, -0.1) is 0 Å². The minimum absolute atomic E-state index is 0.0309. The summed E-state index contributed by atoms with van der Waals surface area (Å²) in [6.45, 7) is 4.70.